The number of aryl methyl sites for hydroxylation is 3. The van der Waals surface area contributed by atoms with E-state index >= 15 is 0 Å². The second-order valence-corrected chi connectivity index (χ2v) is 7.48. The number of aromatic nitrogens is 4. The van der Waals surface area contributed by atoms with Gasteiger partial charge in [0.05, 0.1) is 17.1 Å². The lowest BCUT2D eigenvalue weighted by atomic mass is 10.1. The van der Waals surface area contributed by atoms with Crippen LogP contribution in [0.4, 0.5) is 0 Å². The normalized spacial score (nSPS) is 11.7. The summed E-state index contributed by atoms with van der Waals surface area (Å²) in [5, 5.41) is 10.4. The Hall–Kier alpha value is -2.57. The Morgan fingerprint density at radius 1 is 1.07 bits per heavy atom. The third kappa shape index (κ3) is 3.63. The quantitative estimate of drug-likeness (QED) is 0.747. The van der Waals surface area contributed by atoms with E-state index in [1.165, 1.54) is 0 Å². The van der Waals surface area contributed by atoms with Crippen LogP contribution in [0.3, 0.4) is 0 Å². The zero-order valence-corrected chi connectivity index (χ0v) is 16.7. The molecule has 0 saturated carbocycles. The van der Waals surface area contributed by atoms with Gasteiger partial charge < -0.3 is 5.11 Å². The van der Waals surface area contributed by atoms with E-state index in [2.05, 4.69) is 15.0 Å². The Kier molecular flexibility index (Phi) is 4.88. The van der Waals surface area contributed by atoms with E-state index in [1.54, 1.807) is 42.9 Å². The molecule has 0 atom stereocenters. The van der Waals surface area contributed by atoms with Crippen molar-refractivity contribution in [2.45, 2.75) is 40.2 Å². The van der Waals surface area contributed by atoms with Gasteiger partial charge in [-0.05, 0) is 63.9 Å². The highest BCUT2D eigenvalue weighted by Gasteiger charge is 2.21. The molecule has 7 heteroatoms. The Morgan fingerprint density at radius 2 is 1.78 bits per heavy atom. The third-order valence-corrected chi connectivity index (χ3v) is 4.76. The summed E-state index contributed by atoms with van der Waals surface area (Å²) >= 11 is 6.19. The predicted octanol–water partition coefficient (Wildman–Crippen LogP) is 3.50. The highest BCUT2D eigenvalue weighted by Crippen LogP contribution is 2.24. The molecule has 3 aromatic heterocycles. The van der Waals surface area contributed by atoms with Crippen molar-refractivity contribution < 1.29 is 5.11 Å². The molecule has 0 aliphatic rings. The maximum absolute atomic E-state index is 12.7. The molecule has 0 aliphatic carbocycles. The number of hydrogen-bond acceptors (Lipinski definition) is 5. The maximum Gasteiger partial charge on any atom is 0.274 e. The number of pyridine rings is 2. The van der Waals surface area contributed by atoms with Crippen molar-refractivity contribution in [3.8, 4) is 17.1 Å². The summed E-state index contributed by atoms with van der Waals surface area (Å²) in [4.78, 5) is 25.7. The lowest BCUT2D eigenvalue weighted by molar-refractivity contribution is 0.0688. The van der Waals surface area contributed by atoms with Gasteiger partial charge in [0, 0.05) is 18.1 Å². The van der Waals surface area contributed by atoms with E-state index in [0.29, 0.717) is 22.9 Å². The van der Waals surface area contributed by atoms with Crippen molar-refractivity contribution in [1.82, 2.24) is 19.5 Å². The van der Waals surface area contributed by atoms with Crippen molar-refractivity contribution >= 4 is 11.6 Å². The molecule has 0 bridgehead atoms. The fourth-order valence-corrected chi connectivity index (χ4v) is 3.00. The zero-order valence-electron chi connectivity index (χ0n) is 15.9. The summed E-state index contributed by atoms with van der Waals surface area (Å²) in [5.74, 6) is 0.302. The first-order chi connectivity index (χ1) is 12.6. The van der Waals surface area contributed by atoms with Crippen molar-refractivity contribution in [2.75, 3.05) is 0 Å². The second kappa shape index (κ2) is 6.87. The molecule has 27 heavy (non-hydrogen) atoms. The van der Waals surface area contributed by atoms with Gasteiger partial charge >= 0.3 is 0 Å². The molecule has 3 heterocycles. The monoisotopic (exact) mass is 384 g/mol. The molecule has 1 N–H and O–H groups in total. The van der Waals surface area contributed by atoms with Gasteiger partial charge in [-0.25, -0.2) is 9.97 Å². The van der Waals surface area contributed by atoms with Crippen LogP contribution in [0.5, 0.6) is 0 Å². The molecule has 0 aromatic carbocycles. The highest BCUT2D eigenvalue weighted by molar-refractivity contribution is 6.31. The molecule has 0 radical (unpaired) electrons. The summed E-state index contributed by atoms with van der Waals surface area (Å²) in [5.41, 5.74) is 2.75. The van der Waals surface area contributed by atoms with E-state index in [4.69, 9.17) is 11.6 Å². The van der Waals surface area contributed by atoms with Crippen molar-refractivity contribution in [1.29, 1.82) is 0 Å². The molecular weight excluding hydrogens is 364 g/mol. The molecule has 3 aromatic rings. The van der Waals surface area contributed by atoms with Crippen LogP contribution in [0.1, 0.15) is 36.5 Å². The van der Waals surface area contributed by atoms with E-state index in [0.717, 1.165) is 16.8 Å². The van der Waals surface area contributed by atoms with Crippen LogP contribution in [0.15, 0.2) is 35.4 Å². The first-order valence-electron chi connectivity index (χ1n) is 8.51. The van der Waals surface area contributed by atoms with Crippen LogP contribution in [-0.4, -0.2) is 24.6 Å². The largest absolute Gasteiger partial charge is 0.382 e. The number of hydrogen-bond donors (Lipinski definition) is 1. The third-order valence-electron chi connectivity index (χ3n) is 4.30. The van der Waals surface area contributed by atoms with Gasteiger partial charge in [0.15, 0.2) is 5.82 Å². The molecule has 0 amide bonds. The van der Waals surface area contributed by atoms with Gasteiger partial charge in [-0.3, -0.25) is 14.3 Å². The zero-order chi connectivity index (χ0) is 19.9. The summed E-state index contributed by atoms with van der Waals surface area (Å²) < 4.78 is 1.58. The van der Waals surface area contributed by atoms with Crippen LogP contribution in [0.2, 0.25) is 5.02 Å². The van der Waals surface area contributed by atoms with Crippen LogP contribution in [-0.2, 0) is 5.60 Å². The Morgan fingerprint density at radius 3 is 2.44 bits per heavy atom. The van der Waals surface area contributed by atoms with E-state index < -0.39 is 5.60 Å². The van der Waals surface area contributed by atoms with E-state index in [9.17, 15) is 9.90 Å². The molecule has 6 nitrogen and oxygen atoms in total. The first-order valence-corrected chi connectivity index (χ1v) is 8.89. The van der Waals surface area contributed by atoms with Crippen LogP contribution in [0, 0.1) is 20.8 Å². The Bertz CT molecular complexity index is 1080. The molecular formula is C20H21ClN4O2. The molecule has 0 unspecified atom stereocenters. The van der Waals surface area contributed by atoms with Crippen LogP contribution in [0.25, 0.3) is 17.1 Å². The Balaban J connectivity index is 2.21. The second-order valence-electron chi connectivity index (χ2n) is 7.10. The molecule has 140 valence electrons. The van der Waals surface area contributed by atoms with E-state index in [1.807, 2.05) is 26.8 Å². The van der Waals surface area contributed by atoms with Gasteiger partial charge in [0.25, 0.3) is 5.56 Å². The molecule has 3 rings (SSSR count). The minimum Gasteiger partial charge on any atom is -0.382 e. The maximum atomic E-state index is 12.7. The summed E-state index contributed by atoms with van der Waals surface area (Å²) in [7, 11) is 0. The average Bonchev–Trinajstić information content (AvgIpc) is 2.61. The SMILES string of the molecule is Cc1cnc(-c2ccnc(C(C)(C)O)n2)cc1-n1c(C)cc(C)c(Cl)c1=O. The summed E-state index contributed by atoms with van der Waals surface area (Å²) in [6, 6.07) is 5.39. The topological polar surface area (TPSA) is 80.9 Å². The van der Waals surface area contributed by atoms with Crippen molar-refractivity contribution in [2.24, 2.45) is 0 Å². The van der Waals surface area contributed by atoms with Crippen molar-refractivity contribution in [3.63, 3.8) is 0 Å². The van der Waals surface area contributed by atoms with Crippen LogP contribution < -0.4 is 5.56 Å². The number of halogens is 1. The molecule has 0 fully saturated rings. The van der Waals surface area contributed by atoms with Crippen LogP contribution >= 0.6 is 11.6 Å². The van der Waals surface area contributed by atoms with Gasteiger partial charge in [0.2, 0.25) is 0 Å². The Labute approximate surface area is 162 Å². The van der Waals surface area contributed by atoms with Crippen molar-refractivity contribution in [3.05, 3.63) is 68.6 Å². The first kappa shape index (κ1) is 19.2. The molecule has 0 saturated heterocycles. The predicted molar refractivity (Wildman–Crippen MR) is 105 cm³/mol. The number of aliphatic hydroxyl groups is 1. The fourth-order valence-electron chi connectivity index (χ4n) is 2.86. The summed E-state index contributed by atoms with van der Waals surface area (Å²) in [6.07, 6.45) is 3.27. The summed E-state index contributed by atoms with van der Waals surface area (Å²) in [6.45, 7) is 8.80. The fraction of sp³-hybridized carbons (Fsp3) is 0.300. The van der Waals surface area contributed by atoms with Gasteiger partial charge in [-0.1, -0.05) is 11.6 Å². The molecule has 0 spiro atoms. The number of rotatable bonds is 3. The van der Waals surface area contributed by atoms with E-state index in [-0.39, 0.29) is 10.6 Å². The lowest BCUT2D eigenvalue weighted by Crippen LogP contribution is -2.23. The lowest BCUT2D eigenvalue weighted by Gasteiger charge is -2.17. The average molecular weight is 385 g/mol. The molecule has 0 aliphatic heterocycles. The minimum absolute atomic E-state index is 0.199. The minimum atomic E-state index is -1.17. The smallest absolute Gasteiger partial charge is 0.274 e. The highest BCUT2D eigenvalue weighted by atomic mass is 35.5. The van der Waals surface area contributed by atoms with Gasteiger partial charge in [-0.15, -0.1) is 0 Å². The van der Waals surface area contributed by atoms with Gasteiger partial charge in [0.1, 0.15) is 10.6 Å². The van der Waals surface area contributed by atoms with Gasteiger partial charge in [-0.2, -0.15) is 0 Å². The number of nitrogens with zero attached hydrogens (tertiary/aromatic N) is 4. The standard InChI is InChI=1S/C20H21ClN4O2/c1-11-8-13(3)25(18(26)17(11)21)16-9-15(23-10-12(16)2)14-6-7-22-19(24-14)20(4,5)27/h6-10,27H,1-5H3.